The number of nitrogens with one attached hydrogen (secondary N) is 1. The molecule has 2 atom stereocenters. The van der Waals surface area contributed by atoms with Crippen LogP contribution in [-0.4, -0.2) is 41.6 Å². The molecule has 0 spiro atoms. The Morgan fingerprint density at radius 1 is 1.15 bits per heavy atom. The average molecular weight is 354 g/mol. The summed E-state index contributed by atoms with van der Waals surface area (Å²) in [6.45, 7) is 2.25. The number of hydrogen-bond donors (Lipinski definition) is 2. The summed E-state index contributed by atoms with van der Waals surface area (Å²) >= 11 is 0. The van der Waals surface area contributed by atoms with Crippen LogP contribution in [0.15, 0.2) is 48.5 Å². The standard InChI is InChI=1S/C20H22N2O4/c1-13-16(20(24)25)11-12-22(13)19(23)17-5-3-4-6-18(17)21-14-7-9-15(26-2)10-8-14/h3-10,13,16,21H,11-12H2,1-2H3,(H,24,25). The van der Waals surface area contributed by atoms with E-state index in [4.69, 9.17) is 4.74 Å². The summed E-state index contributed by atoms with van der Waals surface area (Å²) in [5.74, 6) is -0.763. The van der Waals surface area contributed by atoms with Gasteiger partial charge >= 0.3 is 5.97 Å². The molecular formula is C20H22N2O4. The number of para-hydroxylation sites is 1. The van der Waals surface area contributed by atoms with Crippen LogP contribution in [0.1, 0.15) is 23.7 Å². The smallest absolute Gasteiger partial charge is 0.308 e. The van der Waals surface area contributed by atoms with Crippen LogP contribution in [0.4, 0.5) is 11.4 Å². The first kappa shape index (κ1) is 17.8. The van der Waals surface area contributed by atoms with Gasteiger partial charge in [0, 0.05) is 18.3 Å². The minimum Gasteiger partial charge on any atom is -0.497 e. The van der Waals surface area contributed by atoms with E-state index in [1.807, 2.05) is 42.5 Å². The molecule has 136 valence electrons. The zero-order valence-corrected chi connectivity index (χ0v) is 14.8. The van der Waals surface area contributed by atoms with Crippen molar-refractivity contribution in [3.8, 4) is 5.75 Å². The highest BCUT2D eigenvalue weighted by molar-refractivity contribution is 6.01. The van der Waals surface area contributed by atoms with Crippen LogP contribution in [0.2, 0.25) is 0 Å². The first-order chi connectivity index (χ1) is 12.5. The third kappa shape index (κ3) is 3.49. The summed E-state index contributed by atoms with van der Waals surface area (Å²) in [6.07, 6.45) is 0.482. The lowest BCUT2D eigenvalue weighted by molar-refractivity contribution is -0.142. The molecular weight excluding hydrogens is 332 g/mol. The Morgan fingerprint density at radius 2 is 1.85 bits per heavy atom. The molecule has 0 bridgehead atoms. The van der Waals surface area contributed by atoms with E-state index in [2.05, 4.69) is 5.32 Å². The van der Waals surface area contributed by atoms with Crippen molar-refractivity contribution < 1.29 is 19.4 Å². The van der Waals surface area contributed by atoms with Crippen molar-refractivity contribution in [2.45, 2.75) is 19.4 Å². The monoisotopic (exact) mass is 354 g/mol. The summed E-state index contributed by atoms with van der Waals surface area (Å²) in [5.41, 5.74) is 2.05. The fourth-order valence-corrected chi connectivity index (χ4v) is 3.32. The predicted octanol–water partition coefficient (Wildman–Crippen LogP) is 3.37. The highest BCUT2D eigenvalue weighted by Crippen LogP contribution is 2.29. The normalized spacial score (nSPS) is 19.2. The fourth-order valence-electron chi connectivity index (χ4n) is 3.32. The molecule has 0 aliphatic carbocycles. The van der Waals surface area contributed by atoms with Crippen LogP contribution >= 0.6 is 0 Å². The molecule has 6 heteroatoms. The molecule has 0 saturated carbocycles. The Labute approximate surface area is 152 Å². The maximum Gasteiger partial charge on any atom is 0.308 e. The largest absolute Gasteiger partial charge is 0.497 e. The van der Waals surface area contributed by atoms with Crippen LogP contribution in [0.5, 0.6) is 5.75 Å². The minimum atomic E-state index is -0.850. The predicted molar refractivity (Wildman–Crippen MR) is 99.0 cm³/mol. The Hall–Kier alpha value is -3.02. The number of rotatable bonds is 5. The molecule has 2 unspecified atom stereocenters. The Kier molecular flexibility index (Phi) is 5.11. The third-order valence-corrected chi connectivity index (χ3v) is 4.86. The maximum atomic E-state index is 13.0. The molecule has 1 heterocycles. The van der Waals surface area contributed by atoms with E-state index in [-0.39, 0.29) is 11.9 Å². The number of anilines is 2. The molecule has 1 amide bonds. The van der Waals surface area contributed by atoms with Gasteiger partial charge in [-0.05, 0) is 49.7 Å². The van der Waals surface area contributed by atoms with Gasteiger partial charge in [-0.2, -0.15) is 0 Å². The topological polar surface area (TPSA) is 78.9 Å². The van der Waals surface area contributed by atoms with Gasteiger partial charge in [-0.1, -0.05) is 12.1 Å². The van der Waals surface area contributed by atoms with Gasteiger partial charge in [0.1, 0.15) is 5.75 Å². The molecule has 6 nitrogen and oxygen atoms in total. The lowest BCUT2D eigenvalue weighted by Gasteiger charge is -2.24. The molecule has 2 aromatic rings. The van der Waals surface area contributed by atoms with Crippen molar-refractivity contribution in [3.05, 3.63) is 54.1 Å². The molecule has 1 aliphatic heterocycles. The molecule has 0 radical (unpaired) electrons. The van der Waals surface area contributed by atoms with Gasteiger partial charge in [-0.15, -0.1) is 0 Å². The van der Waals surface area contributed by atoms with E-state index in [1.54, 1.807) is 25.0 Å². The first-order valence-corrected chi connectivity index (χ1v) is 8.55. The van der Waals surface area contributed by atoms with Gasteiger partial charge in [0.25, 0.3) is 5.91 Å². The van der Waals surface area contributed by atoms with Crippen molar-refractivity contribution in [2.75, 3.05) is 19.0 Å². The van der Waals surface area contributed by atoms with Gasteiger partial charge in [0.2, 0.25) is 0 Å². The Bertz CT molecular complexity index is 804. The van der Waals surface area contributed by atoms with E-state index in [1.165, 1.54) is 0 Å². The number of carbonyl (C=O) groups is 2. The fraction of sp³-hybridized carbons (Fsp3) is 0.300. The second-order valence-corrected chi connectivity index (χ2v) is 6.37. The molecule has 26 heavy (non-hydrogen) atoms. The summed E-state index contributed by atoms with van der Waals surface area (Å²) in [5, 5.41) is 12.5. The van der Waals surface area contributed by atoms with E-state index in [0.29, 0.717) is 24.2 Å². The molecule has 1 fully saturated rings. The van der Waals surface area contributed by atoms with Gasteiger partial charge in [0.05, 0.1) is 24.3 Å². The second kappa shape index (κ2) is 7.47. The summed E-state index contributed by atoms with van der Waals surface area (Å²) in [7, 11) is 1.61. The number of hydrogen-bond acceptors (Lipinski definition) is 4. The van der Waals surface area contributed by atoms with Gasteiger partial charge in [-0.25, -0.2) is 0 Å². The van der Waals surface area contributed by atoms with Crippen molar-refractivity contribution >= 4 is 23.3 Å². The molecule has 2 N–H and O–H groups in total. The first-order valence-electron chi connectivity index (χ1n) is 8.55. The number of carboxylic acid groups (broad SMARTS) is 1. The third-order valence-electron chi connectivity index (χ3n) is 4.86. The van der Waals surface area contributed by atoms with Crippen LogP contribution < -0.4 is 10.1 Å². The number of nitrogens with zero attached hydrogens (tertiary/aromatic N) is 1. The lowest BCUT2D eigenvalue weighted by Crippen LogP contribution is -2.37. The van der Waals surface area contributed by atoms with Crippen LogP contribution in [0.3, 0.4) is 0 Å². The minimum absolute atomic E-state index is 0.155. The summed E-state index contributed by atoms with van der Waals surface area (Å²) in [6, 6.07) is 14.4. The van der Waals surface area contributed by atoms with Crippen LogP contribution in [0, 0.1) is 5.92 Å². The van der Waals surface area contributed by atoms with E-state index in [0.717, 1.165) is 11.4 Å². The number of likely N-dealkylation sites (tertiary alicyclic amines) is 1. The number of carboxylic acids is 1. The van der Waals surface area contributed by atoms with Crippen LogP contribution in [-0.2, 0) is 4.79 Å². The highest BCUT2D eigenvalue weighted by Gasteiger charge is 2.38. The van der Waals surface area contributed by atoms with Crippen LogP contribution in [0.25, 0.3) is 0 Å². The number of aliphatic carboxylic acids is 1. The number of ether oxygens (including phenoxy) is 1. The van der Waals surface area contributed by atoms with Crippen molar-refractivity contribution in [1.82, 2.24) is 4.90 Å². The molecule has 0 aromatic heterocycles. The Balaban J connectivity index is 1.82. The lowest BCUT2D eigenvalue weighted by atomic mass is 10.0. The maximum absolute atomic E-state index is 13.0. The van der Waals surface area contributed by atoms with Crippen molar-refractivity contribution in [1.29, 1.82) is 0 Å². The van der Waals surface area contributed by atoms with Gasteiger partial charge in [0.15, 0.2) is 0 Å². The average Bonchev–Trinajstić information content (AvgIpc) is 3.04. The zero-order chi connectivity index (χ0) is 18.7. The molecule has 2 aromatic carbocycles. The van der Waals surface area contributed by atoms with E-state index in [9.17, 15) is 14.7 Å². The van der Waals surface area contributed by atoms with E-state index < -0.39 is 11.9 Å². The van der Waals surface area contributed by atoms with E-state index >= 15 is 0 Å². The zero-order valence-electron chi connectivity index (χ0n) is 14.8. The Morgan fingerprint density at radius 3 is 2.46 bits per heavy atom. The van der Waals surface area contributed by atoms with Gasteiger partial charge in [-0.3, -0.25) is 9.59 Å². The second-order valence-electron chi connectivity index (χ2n) is 6.37. The highest BCUT2D eigenvalue weighted by atomic mass is 16.5. The number of benzene rings is 2. The van der Waals surface area contributed by atoms with Gasteiger partial charge < -0.3 is 20.1 Å². The SMILES string of the molecule is COc1ccc(Nc2ccccc2C(=O)N2CCC(C(=O)O)C2C)cc1. The van der Waals surface area contributed by atoms with Crippen molar-refractivity contribution in [2.24, 2.45) is 5.92 Å². The molecule has 1 aliphatic rings. The number of carbonyl (C=O) groups excluding carboxylic acids is 1. The number of methoxy groups -OCH3 is 1. The molecule has 3 rings (SSSR count). The quantitative estimate of drug-likeness (QED) is 0.861. The number of amides is 1. The van der Waals surface area contributed by atoms with Crippen molar-refractivity contribution in [3.63, 3.8) is 0 Å². The summed E-state index contributed by atoms with van der Waals surface area (Å²) in [4.78, 5) is 26.0. The molecule has 1 saturated heterocycles. The summed E-state index contributed by atoms with van der Waals surface area (Å²) < 4.78 is 5.15.